The summed E-state index contributed by atoms with van der Waals surface area (Å²) in [5.74, 6) is 1.13. The fourth-order valence-corrected chi connectivity index (χ4v) is 3.08. The largest absolute Gasteiger partial charge is 0.339 e. The van der Waals surface area contributed by atoms with Gasteiger partial charge in [-0.25, -0.2) is 4.79 Å². The van der Waals surface area contributed by atoms with Crippen LogP contribution in [0.4, 0.5) is 10.5 Å². The first-order valence-electron chi connectivity index (χ1n) is 8.10. The number of aromatic nitrogens is 3. The zero-order valence-corrected chi connectivity index (χ0v) is 13.7. The Morgan fingerprint density at radius 3 is 2.84 bits per heavy atom. The minimum Gasteiger partial charge on any atom is -0.339 e. The Morgan fingerprint density at radius 2 is 2.08 bits per heavy atom. The van der Waals surface area contributed by atoms with Crippen molar-refractivity contribution in [3.05, 3.63) is 59.7 Å². The van der Waals surface area contributed by atoms with E-state index in [2.05, 4.69) is 31.8 Å². The summed E-state index contributed by atoms with van der Waals surface area (Å²) in [6.45, 7) is 1.77. The van der Waals surface area contributed by atoms with Crippen molar-refractivity contribution in [1.29, 1.82) is 0 Å². The summed E-state index contributed by atoms with van der Waals surface area (Å²) in [6.07, 6.45) is 5.05. The lowest BCUT2D eigenvalue weighted by atomic mass is 10.0. The zero-order valence-electron chi connectivity index (χ0n) is 13.7. The van der Waals surface area contributed by atoms with Crippen LogP contribution in [0.15, 0.2) is 47.2 Å². The first-order chi connectivity index (χ1) is 12.2. The predicted molar refractivity (Wildman–Crippen MR) is 91.9 cm³/mol. The van der Waals surface area contributed by atoms with Gasteiger partial charge in [-0.3, -0.25) is 4.98 Å². The average Bonchev–Trinajstić information content (AvgIpc) is 3.22. The number of benzene rings is 1. The number of nitrogens with zero attached hydrogens (tertiary/aromatic N) is 3. The van der Waals surface area contributed by atoms with Gasteiger partial charge in [-0.1, -0.05) is 17.3 Å². The van der Waals surface area contributed by atoms with Crippen LogP contribution in [0.1, 0.15) is 29.5 Å². The molecule has 0 fully saturated rings. The van der Waals surface area contributed by atoms with E-state index in [1.54, 1.807) is 31.5 Å². The number of aryl methyl sites for hydroxylation is 2. The number of rotatable bonds is 3. The fraction of sp³-hybridized carbons (Fsp3) is 0.222. The predicted octanol–water partition coefficient (Wildman–Crippen LogP) is 3.25. The van der Waals surface area contributed by atoms with Gasteiger partial charge >= 0.3 is 6.03 Å². The first kappa shape index (κ1) is 15.3. The lowest BCUT2D eigenvalue weighted by Gasteiger charge is -2.15. The van der Waals surface area contributed by atoms with Gasteiger partial charge in [0.2, 0.25) is 11.7 Å². The third-order valence-corrected chi connectivity index (χ3v) is 4.25. The molecule has 2 N–H and O–H groups in total. The normalized spacial score (nSPS) is 15.6. The number of amides is 2. The third-order valence-electron chi connectivity index (χ3n) is 4.25. The number of nitrogens with one attached hydrogen (secondary N) is 2. The van der Waals surface area contributed by atoms with Crippen LogP contribution < -0.4 is 10.6 Å². The number of carbonyl (C=O) groups excluding carboxylic acids is 1. The van der Waals surface area contributed by atoms with Gasteiger partial charge in [0.25, 0.3) is 0 Å². The maximum Gasteiger partial charge on any atom is 0.319 e. The Labute approximate surface area is 144 Å². The van der Waals surface area contributed by atoms with E-state index in [9.17, 15) is 4.79 Å². The van der Waals surface area contributed by atoms with Crippen LogP contribution >= 0.6 is 0 Å². The topological polar surface area (TPSA) is 92.9 Å². The van der Waals surface area contributed by atoms with E-state index in [-0.39, 0.29) is 12.1 Å². The zero-order chi connectivity index (χ0) is 17.2. The average molecular weight is 335 g/mol. The number of pyridine rings is 1. The highest BCUT2D eigenvalue weighted by Gasteiger charge is 2.24. The van der Waals surface area contributed by atoms with E-state index in [1.807, 2.05) is 12.1 Å². The lowest BCUT2D eigenvalue weighted by molar-refractivity contribution is 0.248. The fourth-order valence-electron chi connectivity index (χ4n) is 3.08. The molecular formula is C18H17N5O2. The molecule has 1 aromatic carbocycles. The number of carbonyl (C=O) groups is 1. The number of hydrogen-bond donors (Lipinski definition) is 2. The van der Waals surface area contributed by atoms with Crippen molar-refractivity contribution in [2.75, 3.05) is 5.32 Å². The maximum absolute atomic E-state index is 12.2. The molecule has 2 aromatic heterocycles. The van der Waals surface area contributed by atoms with Gasteiger partial charge in [-0.15, -0.1) is 0 Å². The summed E-state index contributed by atoms with van der Waals surface area (Å²) in [4.78, 5) is 20.4. The van der Waals surface area contributed by atoms with Crippen LogP contribution in [0, 0.1) is 6.92 Å². The van der Waals surface area contributed by atoms with Crippen molar-refractivity contribution in [1.82, 2.24) is 20.4 Å². The molecule has 1 atom stereocenters. The second kappa shape index (κ2) is 6.35. The lowest BCUT2D eigenvalue weighted by Crippen LogP contribution is -2.31. The van der Waals surface area contributed by atoms with E-state index in [0.29, 0.717) is 17.4 Å². The van der Waals surface area contributed by atoms with Crippen molar-refractivity contribution in [3.63, 3.8) is 0 Å². The van der Waals surface area contributed by atoms with Crippen LogP contribution in [-0.4, -0.2) is 21.2 Å². The van der Waals surface area contributed by atoms with Gasteiger partial charge in [-0.05, 0) is 42.2 Å². The Bertz CT molecular complexity index is 907. The highest BCUT2D eigenvalue weighted by molar-refractivity contribution is 5.89. The van der Waals surface area contributed by atoms with E-state index < -0.39 is 0 Å². The minimum absolute atomic E-state index is 0.00195. The molecule has 1 aliphatic rings. The van der Waals surface area contributed by atoms with Crippen molar-refractivity contribution >= 4 is 11.7 Å². The Morgan fingerprint density at radius 1 is 1.24 bits per heavy atom. The van der Waals surface area contributed by atoms with Crippen molar-refractivity contribution in [2.45, 2.75) is 25.8 Å². The molecule has 2 heterocycles. The summed E-state index contributed by atoms with van der Waals surface area (Å²) in [5, 5.41) is 9.80. The van der Waals surface area contributed by atoms with Crippen LogP contribution in [0.3, 0.4) is 0 Å². The molecule has 0 aliphatic heterocycles. The monoisotopic (exact) mass is 335 g/mol. The van der Waals surface area contributed by atoms with Crippen molar-refractivity contribution < 1.29 is 9.32 Å². The van der Waals surface area contributed by atoms with Gasteiger partial charge in [0.15, 0.2) is 0 Å². The molecule has 1 unspecified atom stereocenters. The molecule has 1 aliphatic carbocycles. The quantitative estimate of drug-likeness (QED) is 0.766. The SMILES string of the molecule is Cc1nc(-c2ccc3c(c2)CCC3NC(=O)Nc2ccncc2)no1. The highest BCUT2D eigenvalue weighted by Crippen LogP contribution is 2.33. The van der Waals surface area contributed by atoms with E-state index in [1.165, 1.54) is 5.56 Å². The number of hydrogen-bond acceptors (Lipinski definition) is 5. The molecule has 0 bridgehead atoms. The number of urea groups is 1. The molecule has 0 saturated heterocycles. The molecule has 126 valence electrons. The number of anilines is 1. The third kappa shape index (κ3) is 3.21. The molecule has 7 nitrogen and oxygen atoms in total. The minimum atomic E-state index is -0.220. The number of fused-ring (bicyclic) bond motifs is 1. The Hall–Kier alpha value is -3.22. The van der Waals surface area contributed by atoms with Crippen LogP contribution in [-0.2, 0) is 6.42 Å². The smallest absolute Gasteiger partial charge is 0.319 e. The highest BCUT2D eigenvalue weighted by atomic mass is 16.5. The van der Waals surface area contributed by atoms with Gasteiger partial charge < -0.3 is 15.2 Å². The van der Waals surface area contributed by atoms with Crippen molar-refractivity contribution in [3.8, 4) is 11.4 Å². The Kier molecular flexibility index (Phi) is 3.89. The van der Waals surface area contributed by atoms with Gasteiger partial charge in [0.05, 0.1) is 6.04 Å². The van der Waals surface area contributed by atoms with Crippen LogP contribution in [0.5, 0.6) is 0 Å². The molecule has 3 aromatic rings. The second-order valence-corrected chi connectivity index (χ2v) is 5.98. The molecule has 4 rings (SSSR count). The first-order valence-corrected chi connectivity index (χ1v) is 8.10. The van der Waals surface area contributed by atoms with Gasteiger partial charge in [0, 0.05) is 30.6 Å². The molecule has 0 spiro atoms. The van der Waals surface area contributed by atoms with Crippen LogP contribution in [0.2, 0.25) is 0 Å². The summed E-state index contributed by atoms with van der Waals surface area (Å²) < 4.78 is 5.04. The standard InChI is InChI=1S/C18H17N5O2/c1-11-20-17(23-25-11)13-2-4-15-12(10-13)3-5-16(15)22-18(24)21-14-6-8-19-9-7-14/h2,4,6-10,16H,3,5H2,1H3,(H2,19,21,22,24). The Balaban J connectivity index is 1.47. The summed E-state index contributed by atoms with van der Waals surface area (Å²) >= 11 is 0. The van der Waals surface area contributed by atoms with E-state index >= 15 is 0 Å². The summed E-state index contributed by atoms with van der Waals surface area (Å²) in [5.41, 5.74) is 3.98. The van der Waals surface area contributed by atoms with E-state index in [4.69, 9.17) is 4.52 Å². The van der Waals surface area contributed by atoms with Crippen molar-refractivity contribution in [2.24, 2.45) is 0 Å². The molecule has 25 heavy (non-hydrogen) atoms. The van der Waals surface area contributed by atoms with Gasteiger partial charge in [0.1, 0.15) is 0 Å². The second-order valence-electron chi connectivity index (χ2n) is 5.98. The maximum atomic E-state index is 12.2. The molecule has 0 radical (unpaired) electrons. The van der Waals surface area contributed by atoms with Crippen LogP contribution in [0.25, 0.3) is 11.4 Å². The van der Waals surface area contributed by atoms with Gasteiger partial charge in [-0.2, -0.15) is 4.98 Å². The molecular weight excluding hydrogens is 318 g/mol. The molecule has 0 saturated carbocycles. The summed E-state index contributed by atoms with van der Waals surface area (Å²) in [6, 6.07) is 9.34. The molecule has 7 heteroatoms. The molecule has 2 amide bonds. The van der Waals surface area contributed by atoms with E-state index in [0.717, 1.165) is 24.0 Å². The summed E-state index contributed by atoms with van der Waals surface area (Å²) in [7, 11) is 0.